The first-order valence-electron chi connectivity index (χ1n) is 10.3. The largest absolute Gasteiger partial charge is 0.481 e. The molecule has 1 aromatic rings. The maximum atomic E-state index is 11.2. The molecule has 0 aromatic heterocycles. The zero-order valence-corrected chi connectivity index (χ0v) is 16.8. The highest BCUT2D eigenvalue weighted by Crippen LogP contribution is 2.36. The summed E-state index contributed by atoms with van der Waals surface area (Å²) >= 11 is 0. The Bertz CT molecular complexity index is 701. The Morgan fingerprint density at radius 3 is 2.52 bits per heavy atom. The fourth-order valence-corrected chi connectivity index (χ4v) is 4.20. The van der Waals surface area contributed by atoms with Crippen LogP contribution < -0.4 is 0 Å². The van der Waals surface area contributed by atoms with Gasteiger partial charge in [-0.3, -0.25) is 9.59 Å². The van der Waals surface area contributed by atoms with Crippen molar-refractivity contribution < 1.29 is 30.0 Å². The predicted octanol–water partition coefficient (Wildman–Crippen LogP) is 3.56. The first kappa shape index (κ1) is 23.1. The number of carboxylic acids is 2. The van der Waals surface area contributed by atoms with Crippen LogP contribution in [0.15, 0.2) is 42.5 Å². The second-order valence-electron chi connectivity index (χ2n) is 8.38. The van der Waals surface area contributed by atoms with Crippen molar-refractivity contribution in [2.75, 3.05) is 0 Å². The van der Waals surface area contributed by atoms with Crippen LogP contribution in [0.1, 0.15) is 63.4 Å². The molecule has 1 saturated carbocycles. The number of aryl methyl sites for hydroxylation is 1. The van der Waals surface area contributed by atoms with Crippen LogP contribution in [-0.2, 0) is 16.0 Å². The van der Waals surface area contributed by atoms with E-state index >= 15 is 0 Å². The molecule has 6 heteroatoms. The average molecular weight is 405 g/mol. The van der Waals surface area contributed by atoms with Crippen molar-refractivity contribution >= 4 is 11.9 Å². The number of benzene rings is 1. The molecule has 2 rings (SSSR count). The lowest BCUT2D eigenvalue weighted by molar-refractivity contribution is -0.144. The Morgan fingerprint density at radius 2 is 1.86 bits per heavy atom. The number of aliphatic carboxylic acids is 2. The molecule has 160 valence electrons. The SMILES string of the molecule is O=C(O)CC(O)(/C=C/[C@@H]1CCC[C@](O)(CC(=O)O)C1)CCCCc1ccccc1. The Kier molecular flexibility index (Phi) is 8.41. The molecule has 0 bridgehead atoms. The number of unbranched alkanes of at least 4 members (excludes halogenated alkanes) is 1. The van der Waals surface area contributed by atoms with Crippen LogP contribution in [0.5, 0.6) is 0 Å². The van der Waals surface area contributed by atoms with Crippen molar-refractivity contribution in [2.45, 2.75) is 75.4 Å². The van der Waals surface area contributed by atoms with Crippen LogP contribution >= 0.6 is 0 Å². The molecule has 0 spiro atoms. The molecule has 29 heavy (non-hydrogen) atoms. The number of rotatable bonds is 11. The normalized spacial score (nSPS) is 24.3. The molecule has 4 N–H and O–H groups in total. The van der Waals surface area contributed by atoms with Crippen molar-refractivity contribution in [1.82, 2.24) is 0 Å². The topological polar surface area (TPSA) is 115 Å². The Morgan fingerprint density at radius 1 is 1.14 bits per heavy atom. The van der Waals surface area contributed by atoms with Gasteiger partial charge in [0.25, 0.3) is 0 Å². The highest BCUT2D eigenvalue weighted by atomic mass is 16.4. The second kappa shape index (κ2) is 10.6. The maximum Gasteiger partial charge on any atom is 0.306 e. The van der Waals surface area contributed by atoms with Gasteiger partial charge in [0.05, 0.1) is 24.0 Å². The standard InChI is InChI=1S/C23H32O6/c24-20(25)16-22(28,12-5-4-9-18-7-2-1-3-8-18)14-11-19-10-6-13-23(29,15-19)17-21(26)27/h1-3,7-8,11,14,19,28-29H,4-6,9-10,12-13,15-17H2,(H,24,25)(H,26,27)/b14-11+/t19-,22?,23+/m0/s1. The molecule has 6 nitrogen and oxygen atoms in total. The van der Waals surface area contributed by atoms with Gasteiger partial charge in [-0.15, -0.1) is 0 Å². The van der Waals surface area contributed by atoms with Gasteiger partial charge >= 0.3 is 11.9 Å². The molecular weight excluding hydrogens is 372 g/mol. The van der Waals surface area contributed by atoms with Gasteiger partial charge < -0.3 is 20.4 Å². The first-order valence-corrected chi connectivity index (χ1v) is 10.3. The Labute approximate surface area is 171 Å². The lowest BCUT2D eigenvalue weighted by Crippen LogP contribution is -2.37. The quantitative estimate of drug-likeness (QED) is 0.331. The van der Waals surface area contributed by atoms with E-state index < -0.39 is 23.1 Å². The molecule has 0 aliphatic heterocycles. The molecule has 0 radical (unpaired) electrons. The summed E-state index contributed by atoms with van der Waals surface area (Å²) in [7, 11) is 0. The third kappa shape index (κ3) is 8.38. The summed E-state index contributed by atoms with van der Waals surface area (Å²) in [5, 5.41) is 39.6. The van der Waals surface area contributed by atoms with E-state index in [9.17, 15) is 24.9 Å². The summed E-state index contributed by atoms with van der Waals surface area (Å²) in [4.78, 5) is 22.2. The number of hydrogen-bond acceptors (Lipinski definition) is 4. The summed E-state index contributed by atoms with van der Waals surface area (Å²) in [6, 6.07) is 10.0. The molecular formula is C23H32O6. The van der Waals surface area contributed by atoms with Gasteiger partial charge in [0.2, 0.25) is 0 Å². The van der Waals surface area contributed by atoms with Gasteiger partial charge in [0, 0.05) is 0 Å². The van der Waals surface area contributed by atoms with E-state index in [0.717, 1.165) is 19.3 Å². The molecule has 0 heterocycles. The smallest absolute Gasteiger partial charge is 0.306 e. The van der Waals surface area contributed by atoms with Gasteiger partial charge in [-0.25, -0.2) is 0 Å². The van der Waals surface area contributed by atoms with E-state index in [1.807, 2.05) is 30.3 Å². The van der Waals surface area contributed by atoms with E-state index in [-0.39, 0.29) is 18.8 Å². The van der Waals surface area contributed by atoms with Crippen LogP contribution in [0, 0.1) is 5.92 Å². The molecule has 1 aliphatic carbocycles. The highest BCUT2D eigenvalue weighted by molar-refractivity contribution is 5.68. The van der Waals surface area contributed by atoms with Crippen molar-refractivity contribution in [2.24, 2.45) is 5.92 Å². The van der Waals surface area contributed by atoms with Crippen LogP contribution in [0.4, 0.5) is 0 Å². The van der Waals surface area contributed by atoms with Gasteiger partial charge in [0.15, 0.2) is 0 Å². The third-order valence-electron chi connectivity index (χ3n) is 5.64. The highest BCUT2D eigenvalue weighted by Gasteiger charge is 2.36. The minimum Gasteiger partial charge on any atom is -0.481 e. The molecule has 0 saturated heterocycles. The van der Waals surface area contributed by atoms with E-state index in [1.54, 1.807) is 12.2 Å². The van der Waals surface area contributed by atoms with Crippen LogP contribution in [0.3, 0.4) is 0 Å². The van der Waals surface area contributed by atoms with Crippen LogP contribution in [-0.4, -0.2) is 43.6 Å². The number of aliphatic hydroxyl groups is 2. The summed E-state index contributed by atoms with van der Waals surface area (Å²) in [6.07, 6.45) is 7.66. The van der Waals surface area contributed by atoms with Gasteiger partial charge in [-0.05, 0) is 62.8 Å². The fraction of sp³-hybridized carbons (Fsp3) is 0.565. The molecule has 3 atom stereocenters. The van der Waals surface area contributed by atoms with Crippen molar-refractivity contribution in [3.05, 3.63) is 48.0 Å². The zero-order chi connectivity index (χ0) is 21.3. The first-order chi connectivity index (χ1) is 13.7. The maximum absolute atomic E-state index is 11.2. The average Bonchev–Trinajstić information content (AvgIpc) is 2.63. The monoisotopic (exact) mass is 404 g/mol. The van der Waals surface area contributed by atoms with Crippen molar-refractivity contribution in [3.63, 3.8) is 0 Å². The fourth-order valence-electron chi connectivity index (χ4n) is 4.20. The summed E-state index contributed by atoms with van der Waals surface area (Å²) in [6.45, 7) is 0. The zero-order valence-electron chi connectivity index (χ0n) is 16.8. The van der Waals surface area contributed by atoms with Gasteiger partial charge in [0.1, 0.15) is 0 Å². The Hall–Kier alpha value is -2.18. The summed E-state index contributed by atoms with van der Waals surface area (Å²) in [5.74, 6) is -2.16. The number of allylic oxidation sites excluding steroid dienone is 1. The second-order valence-corrected chi connectivity index (χ2v) is 8.38. The predicted molar refractivity (Wildman–Crippen MR) is 110 cm³/mol. The molecule has 0 amide bonds. The van der Waals surface area contributed by atoms with E-state index in [2.05, 4.69) is 0 Å². The van der Waals surface area contributed by atoms with Crippen molar-refractivity contribution in [1.29, 1.82) is 0 Å². The van der Waals surface area contributed by atoms with Crippen LogP contribution in [0.2, 0.25) is 0 Å². The minimum absolute atomic E-state index is 0.0715. The van der Waals surface area contributed by atoms with Crippen molar-refractivity contribution in [3.8, 4) is 0 Å². The number of carbonyl (C=O) groups is 2. The lowest BCUT2D eigenvalue weighted by atomic mass is 9.75. The van der Waals surface area contributed by atoms with Gasteiger partial charge in [-0.1, -0.05) is 42.5 Å². The van der Waals surface area contributed by atoms with Crippen LogP contribution in [0.25, 0.3) is 0 Å². The lowest BCUT2D eigenvalue weighted by Gasteiger charge is -2.35. The molecule has 1 unspecified atom stereocenters. The van der Waals surface area contributed by atoms with E-state index in [1.165, 1.54) is 5.56 Å². The molecule has 1 aliphatic rings. The number of hydrogen-bond donors (Lipinski definition) is 4. The minimum atomic E-state index is -1.44. The summed E-state index contributed by atoms with van der Waals surface area (Å²) < 4.78 is 0. The summed E-state index contributed by atoms with van der Waals surface area (Å²) in [5.41, 5.74) is -1.46. The van der Waals surface area contributed by atoms with E-state index in [4.69, 9.17) is 5.11 Å². The Balaban J connectivity index is 1.93. The molecule has 1 aromatic carbocycles. The van der Waals surface area contributed by atoms with E-state index in [0.29, 0.717) is 32.1 Å². The van der Waals surface area contributed by atoms with Gasteiger partial charge in [-0.2, -0.15) is 0 Å². The number of carboxylic acid groups (broad SMARTS) is 2. The third-order valence-corrected chi connectivity index (χ3v) is 5.64. The molecule has 1 fully saturated rings.